The molecule has 2 saturated heterocycles. The maximum atomic E-state index is 12.5. The van der Waals surface area contributed by atoms with E-state index < -0.39 is 0 Å². The van der Waals surface area contributed by atoms with E-state index in [1.807, 2.05) is 13.0 Å². The first kappa shape index (κ1) is 15.8. The van der Waals surface area contributed by atoms with Crippen LogP contribution in [0, 0.1) is 5.92 Å². The first-order valence-corrected chi connectivity index (χ1v) is 8.46. The summed E-state index contributed by atoms with van der Waals surface area (Å²) in [7, 11) is 0. The first-order valence-electron chi connectivity index (χ1n) is 8.46. The number of hydrogen-bond acceptors (Lipinski definition) is 4. The Labute approximate surface area is 136 Å². The van der Waals surface area contributed by atoms with Gasteiger partial charge in [0.15, 0.2) is 0 Å². The van der Waals surface area contributed by atoms with E-state index in [2.05, 4.69) is 15.2 Å². The van der Waals surface area contributed by atoms with Gasteiger partial charge in [0, 0.05) is 38.8 Å². The molecule has 2 aliphatic rings. The molecule has 0 aromatic carbocycles. The minimum absolute atomic E-state index is 0.0649. The molecule has 2 amide bonds. The standard InChI is InChI=1S/C17H24N4O2/c1-2-20-12-13(10-16(20)22)17(23)19-14-11-18-7-6-15(14)21-8-4-3-5-9-21/h6-7,11,13H,2-5,8-10,12H2,1H3,(H,19,23). The zero-order chi connectivity index (χ0) is 16.2. The number of likely N-dealkylation sites (tertiary alicyclic amines) is 1. The molecule has 0 saturated carbocycles. The molecule has 124 valence electrons. The van der Waals surface area contributed by atoms with E-state index in [0.717, 1.165) is 24.5 Å². The summed E-state index contributed by atoms with van der Waals surface area (Å²) >= 11 is 0. The van der Waals surface area contributed by atoms with Crippen LogP contribution in [0.2, 0.25) is 0 Å². The number of carbonyl (C=O) groups excluding carboxylic acids is 2. The molecule has 2 fully saturated rings. The highest BCUT2D eigenvalue weighted by molar-refractivity contribution is 5.99. The monoisotopic (exact) mass is 316 g/mol. The Morgan fingerprint density at radius 2 is 2.13 bits per heavy atom. The summed E-state index contributed by atoms with van der Waals surface area (Å²) < 4.78 is 0. The maximum absolute atomic E-state index is 12.5. The predicted octanol–water partition coefficient (Wildman–Crippen LogP) is 1.88. The Balaban J connectivity index is 1.70. The zero-order valence-electron chi connectivity index (χ0n) is 13.6. The molecule has 1 atom stereocenters. The minimum Gasteiger partial charge on any atom is -0.370 e. The lowest BCUT2D eigenvalue weighted by Crippen LogP contribution is -2.32. The van der Waals surface area contributed by atoms with Crippen LogP contribution in [0.3, 0.4) is 0 Å². The number of pyridine rings is 1. The van der Waals surface area contributed by atoms with Crippen molar-refractivity contribution in [3.8, 4) is 0 Å². The number of aromatic nitrogens is 1. The lowest BCUT2D eigenvalue weighted by atomic mass is 10.1. The van der Waals surface area contributed by atoms with Crippen molar-refractivity contribution in [3.05, 3.63) is 18.5 Å². The Kier molecular flexibility index (Phi) is 4.79. The summed E-state index contributed by atoms with van der Waals surface area (Å²) in [5.74, 6) is -0.285. The van der Waals surface area contributed by atoms with E-state index in [1.165, 1.54) is 19.3 Å². The first-order chi connectivity index (χ1) is 11.2. The largest absolute Gasteiger partial charge is 0.370 e. The van der Waals surface area contributed by atoms with E-state index >= 15 is 0 Å². The fourth-order valence-electron chi connectivity index (χ4n) is 3.38. The number of piperidine rings is 1. The second-order valence-corrected chi connectivity index (χ2v) is 6.26. The van der Waals surface area contributed by atoms with Gasteiger partial charge in [0.1, 0.15) is 0 Å². The topological polar surface area (TPSA) is 65.5 Å². The normalized spacial score (nSPS) is 21.6. The summed E-state index contributed by atoms with van der Waals surface area (Å²) in [4.78, 5) is 32.5. The SMILES string of the molecule is CCN1CC(C(=O)Nc2cnccc2N2CCCCC2)CC1=O. The molecular formula is C17H24N4O2. The lowest BCUT2D eigenvalue weighted by Gasteiger charge is -2.30. The van der Waals surface area contributed by atoms with E-state index in [0.29, 0.717) is 19.5 Å². The van der Waals surface area contributed by atoms with E-state index in [4.69, 9.17) is 0 Å². The quantitative estimate of drug-likeness (QED) is 0.921. The number of carbonyl (C=O) groups is 2. The molecule has 0 spiro atoms. The molecule has 3 rings (SSSR count). The van der Waals surface area contributed by atoms with Gasteiger partial charge < -0.3 is 15.1 Å². The Morgan fingerprint density at radius 1 is 1.35 bits per heavy atom. The van der Waals surface area contributed by atoms with Crippen LogP contribution in [-0.4, -0.2) is 47.9 Å². The number of anilines is 2. The van der Waals surface area contributed by atoms with Crippen LogP contribution in [0.5, 0.6) is 0 Å². The number of rotatable bonds is 4. The molecule has 0 radical (unpaired) electrons. The van der Waals surface area contributed by atoms with Gasteiger partial charge in [-0.15, -0.1) is 0 Å². The number of hydrogen-bond donors (Lipinski definition) is 1. The van der Waals surface area contributed by atoms with E-state index in [9.17, 15) is 9.59 Å². The molecule has 1 aromatic rings. The number of amides is 2. The van der Waals surface area contributed by atoms with Crippen LogP contribution in [-0.2, 0) is 9.59 Å². The van der Waals surface area contributed by atoms with Crippen molar-refractivity contribution in [1.82, 2.24) is 9.88 Å². The van der Waals surface area contributed by atoms with Crippen molar-refractivity contribution in [1.29, 1.82) is 0 Å². The molecule has 3 heterocycles. The van der Waals surface area contributed by atoms with Crippen LogP contribution in [0.4, 0.5) is 11.4 Å². The van der Waals surface area contributed by atoms with Gasteiger partial charge in [-0.3, -0.25) is 14.6 Å². The van der Waals surface area contributed by atoms with Crippen LogP contribution >= 0.6 is 0 Å². The molecule has 23 heavy (non-hydrogen) atoms. The van der Waals surface area contributed by atoms with Crippen LogP contribution in [0.25, 0.3) is 0 Å². The van der Waals surface area contributed by atoms with Crippen molar-refractivity contribution in [2.45, 2.75) is 32.6 Å². The molecular weight excluding hydrogens is 292 g/mol. The Morgan fingerprint density at radius 3 is 2.83 bits per heavy atom. The highest BCUT2D eigenvalue weighted by atomic mass is 16.2. The third-order valence-corrected chi connectivity index (χ3v) is 4.72. The lowest BCUT2D eigenvalue weighted by molar-refractivity contribution is -0.128. The van der Waals surface area contributed by atoms with E-state index in [-0.39, 0.29) is 17.7 Å². The van der Waals surface area contributed by atoms with Crippen molar-refractivity contribution in [2.24, 2.45) is 5.92 Å². The van der Waals surface area contributed by atoms with Gasteiger partial charge in [-0.25, -0.2) is 0 Å². The van der Waals surface area contributed by atoms with Crippen LogP contribution in [0.15, 0.2) is 18.5 Å². The summed E-state index contributed by atoms with van der Waals surface area (Å²) in [6, 6.07) is 1.96. The molecule has 6 heteroatoms. The van der Waals surface area contributed by atoms with Crippen LogP contribution < -0.4 is 10.2 Å². The minimum atomic E-state index is -0.267. The van der Waals surface area contributed by atoms with Gasteiger partial charge in [0.2, 0.25) is 11.8 Å². The Bertz CT molecular complexity index is 584. The maximum Gasteiger partial charge on any atom is 0.229 e. The van der Waals surface area contributed by atoms with Gasteiger partial charge in [0.25, 0.3) is 0 Å². The third-order valence-electron chi connectivity index (χ3n) is 4.72. The highest BCUT2D eigenvalue weighted by Gasteiger charge is 2.33. The van der Waals surface area contributed by atoms with Crippen LogP contribution in [0.1, 0.15) is 32.6 Å². The molecule has 1 unspecified atom stereocenters. The molecule has 1 N–H and O–H groups in total. The van der Waals surface area contributed by atoms with Gasteiger partial charge in [-0.1, -0.05) is 0 Å². The van der Waals surface area contributed by atoms with Gasteiger partial charge >= 0.3 is 0 Å². The molecule has 2 aliphatic heterocycles. The summed E-state index contributed by atoms with van der Waals surface area (Å²) in [6.07, 6.45) is 7.39. The van der Waals surface area contributed by atoms with Gasteiger partial charge in [-0.2, -0.15) is 0 Å². The second kappa shape index (κ2) is 6.98. The van der Waals surface area contributed by atoms with Crippen molar-refractivity contribution in [3.63, 3.8) is 0 Å². The fourth-order valence-corrected chi connectivity index (χ4v) is 3.38. The van der Waals surface area contributed by atoms with Crippen molar-refractivity contribution < 1.29 is 9.59 Å². The molecule has 1 aromatic heterocycles. The summed E-state index contributed by atoms with van der Waals surface area (Å²) in [6.45, 7) is 5.14. The second-order valence-electron chi connectivity index (χ2n) is 6.26. The highest BCUT2D eigenvalue weighted by Crippen LogP contribution is 2.28. The number of nitrogens with zero attached hydrogens (tertiary/aromatic N) is 3. The molecule has 6 nitrogen and oxygen atoms in total. The average molecular weight is 316 g/mol. The fraction of sp³-hybridized carbons (Fsp3) is 0.588. The van der Waals surface area contributed by atoms with E-state index in [1.54, 1.807) is 17.3 Å². The average Bonchev–Trinajstić information content (AvgIpc) is 2.97. The zero-order valence-corrected chi connectivity index (χ0v) is 13.6. The van der Waals surface area contributed by atoms with Gasteiger partial charge in [-0.05, 0) is 32.3 Å². The smallest absolute Gasteiger partial charge is 0.229 e. The Hall–Kier alpha value is -2.11. The molecule has 0 bridgehead atoms. The summed E-state index contributed by atoms with van der Waals surface area (Å²) in [5, 5.41) is 2.99. The third kappa shape index (κ3) is 3.46. The molecule has 0 aliphatic carbocycles. The predicted molar refractivity (Wildman–Crippen MR) is 89.3 cm³/mol. The van der Waals surface area contributed by atoms with Gasteiger partial charge in [0.05, 0.1) is 23.5 Å². The van der Waals surface area contributed by atoms with Crippen molar-refractivity contribution in [2.75, 3.05) is 36.4 Å². The summed E-state index contributed by atoms with van der Waals surface area (Å²) in [5.41, 5.74) is 1.78. The van der Waals surface area contributed by atoms with Crippen molar-refractivity contribution >= 4 is 23.2 Å². The number of nitrogens with one attached hydrogen (secondary N) is 1.